The van der Waals surface area contributed by atoms with E-state index in [1.165, 1.54) is 24.5 Å². The van der Waals surface area contributed by atoms with Crippen LogP contribution in [0.1, 0.15) is 10.5 Å². The van der Waals surface area contributed by atoms with E-state index in [1.54, 1.807) is 0 Å². The molecule has 2 aromatic heterocycles. The first kappa shape index (κ1) is 8.06. The predicted molar refractivity (Wildman–Crippen MR) is 47.5 cm³/mol. The maximum atomic E-state index is 10.5. The fourth-order valence-corrected chi connectivity index (χ4v) is 1.77. The molecule has 0 radical (unpaired) electrons. The van der Waals surface area contributed by atoms with Gasteiger partial charge < -0.3 is 14.8 Å². The molecule has 2 aromatic rings. The SMILES string of the molecule is COc1nc2cc(C(=O)O)[nH]c2s1. The number of nitrogens with one attached hydrogen (secondary N) is 1. The maximum absolute atomic E-state index is 10.5. The van der Waals surface area contributed by atoms with Crippen LogP contribution in [0.3, 0.4) is 0 Å². The summed E-state index contributed by atoms with van der Waals surface area (Å²) < 4.78 is 4.90. The van der Waals surface area contributed by atoms with Gasteiger partial charge in [0, 0.05) is 0 Å². The maximum Gasteiger partial charge on any atom is 0.352 e. The van der Waals surface area contributed by atoms with Crippen molar-refractivity contribution in [3.05, 3.63) is 11.8 Å². The van der Waals surface area contributed by atoms with Crippen molar-refractivity contribution in [3.63, 3.8) is 0 Å². The summed E-state index contributed by atoms with van der Waals surface area (Å²) in [6.07, 6.45) is 0. The number of methoxy groups -OCH3 is 1. The highest BCUT2D eigenvalue weighted by Gasteiger charge is 2.11. The minimum absolute atomic E-state index is 0.149. The van der Waals surface area contributed by atoms with Gasteiger partial charge >= 0.3 is 5.97 Å². The van der Waals surface area contributed by atoms with Crippen molar-refractivity contribution in [3.8, 4) is 5.19 Å². The molecular formula is C7H6N2O3S. The number of thiazole rings is 1. The van der Waals surface area contributed by atoms with E-state index in [2.05, 4.69) is 9.97 Å². The van der Waals surface area contributed by atoms with Crippen molar-refractivity contribution >= 4 is 27.7 Å². The number of carboxylic acid groups (broad SMARTS) is 1. The second-order valence-electron chi connectivity index (χ2n) is 2.39. The zero-order valence-corrected chi connectivity index (χ0v) is 7.51. The Labute approximate surface area is 77.0 Å². The molecule has 5 nitrogen and oxygen atoms in total. The smallest absolute Gasteiger partial charge is 0.352 e. The van der Waals surface area contributed by atoms with Crippen molar-refractivity contribution in [1.29, 1.82) is 0 Å². The van der Waals surface area contributed by atoms with Gasteiger partial charge in [-0.1, -0.05) is 11.3 Å². The molecule has 0 saturated heterocycles. The number of aromatic carboxylic acids is 1. The minimum atomic E-state index is -0.982. The lowest BCUT2D eigenvalue weighted by atomic mass is 10.4. The molecule has 0 atom stereocenters. The number of nitrogens with zero attached hydrogens (tertiary/aromatic N) is 1. The monoisotopic (exact) mass is 198 g/mol. The number of H-pyrrole nitrogens is 1. The van der Waals surface area contributed by atoms with Crippen LogP contribution >= 0.6 is 11.3 Å². The van der Waals surface area contributed by atoms with E-state index in [0.29, 0.717) is 15.5 Å². The molecule has 0 unspecified atom stereocenters. The van der Waals surface area contributed by atoms with Crippen LogP contribution < -0.4 is 4.74 Å². The average molecular weight is 198 g/mol. The van der Waals surface area contributed by atoms with Gasteiger partial charge in [0.25, 0.3) is 5.19 Å². The lowest BCUT2D eigenvalue weighted by Gasteiger charge is -1.87. The quantitative estimate of drug-likeness (QED) is 0.763. The topological polar surface area (TPSA) is 75.2 Å². The van der Waals surface area contributed by atoms with Gasteiger partial charge in [0.05, 0.1) is 7.11 Å². The largest absolute Gasteiger partial charge is 0.477 e. The van der Waals surface area contributed by atoms with Crippen molar-refractivity contribution in [1.82, 2.24) is 9.97 Å². The normalized spacial score (nSPS) is 10.5. The molecule has 0 aromatic carbocycles. The Morgan fingerprint density at radius 1 is 1.77 bits per heavy atom. The van der Waals surface area contributed by atoms with Crippen molar-refractivity contribution in [2.75, 3.05) is 7.11 Å². The third kappa shape index (κ3) is 1.25. The van der Waals surface area contributed by atoms with Crippen LogP contribution in [0.2, 0.25) is 0 Å². The van der Waals surface area contributed by atoms with E-state index < -0.39 is 5.97 Å². The second kappa shape index (κ2) is 2.74. The Morgan fingerprint density at radius 3 is 3.08 bits per heavy atom. The van der Waals surface area contributed by atoms with Crippen LogP contribution in [-0.2, 0) is 0 Å². The lowest BCUT2D eigenvalue weighted by molar-refractivity contribution is 0.0691. The van der Waals surface area contributed by atoms with Crippen LogP contribution in [0.5, 0.6) is 5.19 Å². The Morgan fingerprint density at radius 2 is 2.54 bits per heavy atom. The van der Waals surface area contributed by atoms with Gasteiger partial charge in [-0.15, -0.1) is 0 Å². The summed E-state index contributed by atoms with van der Waals surface area (Å²) in [5.74, 6) is -0.982. The number of hydrogen-bond donors (Lipinski definition) is 2. The summed E-state index contributed by atoms with van der Waals surface area (Å²) >= 11 is 1.28. The fourth-order valence-electron chi connectivity index (χ4n) is 0.997. The highest BCUT2D eigenvalue weighted by atomic mass is 32.1. The van der Waals surface area contributed by atoms with Crippen LogP contribution in [0, 0.1) is 0 Å². The molecule has 0 aliphatic carbocycles. The van der Waals surface area contributed by atoms with Crippen molar-refractivity contribution in [2.24, 2.45) is 0 Å². The highest BCUT2D eigenvalue weighted by Crippen LogP contribution is 2.27. The Hall–Kier alpha value is -1.56. The van der Waals surface area contributed by atoms with Crippen molar-refractivity contribution in [2.45, 2.75) is 0 Å². The Balaban J connectivity index is 2.54. The minimum Gasteiger partial charge on any atom is -0.477 e. The van der Waals surface area contributed by atoms with Crippen LogP contribution in [0.4, 0.5) is 0 Å². The Bertz CT molecular complexity index is 428. The van der Waals surface area contributed by atoms with E-state index in [9.17, 15) is 4.79 Å². The molecule has 0 amide bonds. The number of aromatic nitrogens is 2. The molecular weight excluding hydrogens is 192 g/mol. The number of fused-ring (bicyclic) bond motifs is 1. The second-order valence-corrected chi connectivity index (χ2v) is 3.35. The first-order valence-corrected chi connectivity index (χ1v) is 4.29. The van der Waals surface area contributed by atoms with Gasteiger partial charge in [-0.05, 0) is 6.07 Å². The molecule has 2 N–H and O–H groups in total. The van der Waals surface area contributed by atoms with Gasteiger partial charge in [-0.25, -0.2) is 9.78 Å². The van der Waals surface area contributed by atoms with Gasteiger partial charge in [0.15, 0.2) is 0 Å². The summed E-state index contributed by atoms with van der Waals surface area (Å²) in [5.41, 5.74) is 0.774. The summed E-state index contributed by atoms with van der Waals surface area (Å²) in [7, 11) is 1.52. The number of aromatic amines is 1. The van der Waals surface area contributed by atoms with Crippen LogP contribution in [0.25, 0.3) is 10.3 Å². The van der Waals surface area contributed by atoms with Crippen LogP contribution in [-0.4, -0.2) is 28.2 Å². The van der Waals surface area contributed by atoms with E-state index >= 15 is 0 Å². The van der Waals surface area contributed by atoms with E-state index in [0.717, 1.165) is 0 Å². The molecule has 68 valence electrons. The van der Waals surface area contributed by atoms with Gasteiger partial charge in [-0.2, -0.15) is 0 Å². The number of ether oxygens (including phenoxy) is 1. The molecule has 2 heterocycles. The number of carboxylic acids is 1. The molecule has 0 aliphatic rings. The summed E-state index contributed by atoms with van der Waals surface area (Å²) in [4.78, 5) is 18.0. The third-order valence-electron chi connectivity index (χ3n) is 1.57. The van der Waals surface area contributed by atoms with Gasteiger partial charge in [0.1, 0.15) is 16.0 Å². The fraction of sp³-hybridized carbons (Fsp3) is 0.143. The summed E-state index contributed by atoms with van der Waals surface area (Å²) in [6.45, 7) is 0. The molecule has 0 spiro atoms. The molecule has 0 fully saturated rings. The van der Waals surface area contributed by atoms with E-state index in [-0.39, 0.29) is 5.69 Å². The first-order valence-electron chi connectivity index (χ1n) is 3.47. The van der Waals surface area contributed by atoms with Gasteiger partial charge in [0.2, 0.25) is 0 Å². The Kier molecular flexibility index (Phi) is 1.70. The van der Waals surface area contributed by atoms with Gasteiger partial charge in [-0.3, -0.25) is 0 Å². The van der Waals surface area contributed by atoms with E-state index in [1.807, 2.05) is 0 Å². The molecule has 13 heavy (non-hydrogen) atoms. The average Bonchev–Trinajstić information content (AvgIpc) is 2.58. The highest BCUT2D eigenvalue weighted by molar-refractivity contribution is 7.19. The summed E-state index contributed by atoms with van der Waals surface area (Å²) in [5, 5.41) is 9.17. The summed E-state index contributed by atoms with van der Waals surface area (Å²) in [6, 6.07) is 1.48. The lowest BCUT2D eigenvalue weighted by Crippen LogP contribution is -1.94. The number of hydrogen-bond acceptors (Lipinski definition) is 4. The third-order valence-corrected chi connectivity index (χ3v) is 2.52. The molecule has 0 aliphatic heterocycles. The number of rotatable bonds is 2. The molecule has 2 rings (SSSR count). The zero-order chi connectivity index (χ0) is 9.42. The molecule has 0 bridgehead atoms. The number of carbonyl (C=O) groups is 1. The van der Waals surface area contributed by atoms with E-state index in [4.69, 9.17) is 9.84 Å². The standard InChI is InChI=1S/C7H6N2O3S/c1-12-7-9-3-2-4(6(10)11)8-5(3)13-7/h2,8H,1H3,(H,10,11). The predicted octanol–water partition coefficient (Wildman–Crippen LogP) is 1.33. The van der Waals surface area contributed by atoms with Crippen molar-refractivity contribution < 1.29 is 14.6 Å². The van der Waals surface area contributed by atoms with Crippen LogP contribution in [0.15, 0.2) is 6.07 Å². The first-order chi connectivity index (χ1) is 6.20. The molecule has 6 heteroatoms. The molecule has 0 saturated carbocycles. The zero-order valence-electron chi connectivity index (χ0n) is 6.70.